The molecule has 3 aromatic carbocycles. The van der Waals surface area contributed by atoms with E-state index in [9.17, 15) is 13.0 Å². The molecule has 3 aromatic rings. The second kappa shape index (κ2) is 7.33. The third-order valence-electron chi connectivity index (χ3n) is 3.53. The molecule has 0 radical (unpaired) electrons. The summed E-state index contributed by atoms with van der Waals surface area (Å²) in [6.07, 6.45) is 0. The van der Waals surface area contributed by atoms with Crippen molar-refractivity contribution in [2.24, 2.45) is 5.14 Å². The zero-order valence-electron chi connectivity index (χ0n) is 13.6. The van der Waals surface area contributed by atoms with Crippen LogP contribution in [0.25, 0.3) is 0 Å². The van der Waals surface area contributed by atoms with E-state index >= 15 is 0 Å². The van der Waals surface area contributed by atoms with E-state index in [2.05, 4.69) is 5.09 Å². The Kier molecular flexibility index (Phi) is 5.13. The van der Waals surface area contributed by atoms with Crippen LogP contribution in [0.5, 0.6) is 5.75 Å². The summed E-state index contributed by atoms with van der Waals surface area (Å²) in [5.74, 6) is 0.257. The number of nitrogens with two attached hydrogens (primary N) is 1. The zero-order chi connectivity index (χ0) is 18.6. The van der Waals surface area contributed by atoms with E-state index in [4.69, 9.17) is 9.66 Å². The molecule has 0 saturated carbocycles. The first-order valence-corrected chi connectivity index (χ1v) is 10.9. The van der Waals surface area contributed by atoms with Crippen LogP contribution in [0.1, 0.15) is 0 Å². The molecule has 3 rings (SSSR count). The van der Waals surface area contributed by atoms with Crippen molar-refractivity contribution in [3.8, 4) is 5.75 Å². The Bertz CT molecular complexity index is 1020. The molecule has 0 saturated heterocycles. The zero-order valence-corrected chi connectivity index (χ0v) is 15.4. The first-order valence-electron chi connectivity index (χ1n) is 7.68. The number of para-hydroxylation sites is 1. The molecule has 6 nitrogen and oxygen atoms in total. The van der Waals surface area contributed by atoms with E-state index in [1.54, 1.807) is 36.4 Å². The van der Waals surface area contributed by atoms with Crippen LogP contribution < -0.4 is 20.1 Å². The Morgan fingerprint density at radius 3 is 1.88 bits per heavy atom. The molecule has 0 fully saturated rings. The van der Waals surface area contributed by atoms with Gasteiger partial charge in [-0.05, 0) is 48.5 Å². The lowest BCUT2D eigenvalue weighted by Crippen LogP contribution is -2.16. The van der Waals surface area contributed by atoms with Crippen LogP contribution in [0.4, 0.5) is 5.69 Å². The predicted octanol–water partition coefficient (Wildman–Crippen LogP) is 3.34. The maximum Gasteiger partial charge on any atom is 0.371 e. The van der Waals surface area contributed by atoms with Gasteiger partial charge in [0.25, 0.3) is 0 Å². The molecule has 134 valence electrons. The lowest BCUT2D eigenvalue weighted by atomic mass is 10.3. The highest BCUT2D eigenvalue weighted by Crippen LogP contribution is 2.46. The van der Waals surface area contributed by atoms with Gasteiger partial charge in [0, 0.05) is 5.69 Å². The van der Waals surface area contributed by atoms with Gasteiger partial charge in [0.1, 0.15) is 5.75 Å². The molecule has 0 spiro atoms. The van der Waals surface area contributed by atoms with Crippen molar-refractivity contribution >= 4 is 28.5 Å². The van der Waals surface area contributed by atoms with Crippen molar-refractivity contribution in [3.05, 3.63) is 84.9 Å². The van der Waals surface area contributed by atoms with E-state index in [1.807, 2.05) is 24.3 Å². The van der Waals surface area contributed by atoms with Crippen LogP contribution >= 0.6 is 7.52 Å². The quantitative estimate of drug-likeness (QED) is 0.631. The van der Waals surface area contributed by atoms with Gasteiger partial charge in [-0.1, -0.05) is 36.4 Å². The van der Waals surface area contributed by atoms with Crippen molar-refractivity contribution in [3.63, 3.8) is 0 Å². The smallest absolute Gasteiger partial charge is 0.371 e. The van der Waals surface area contributed by atoms with Gasteiger partial charge in [-0.3, -0.25) is 0 Å². The number of sulfonamides is 1. The molecule has 0 bridgehead atoms. The maximum atomic E-state index is 13.6. The second-order valence-electron chi connectivity index (χ2n) is 5.47. The largest absolute Gasteiger partial charge is 0.426 e. The molecule has 3 N–H and O–H groups in total. The van der Waals surface area contributed by atoms with E-state index in [0.29, 0.717) is 11.0 Å². The number of hydrogen-bond donors (Lipinski definition) is 2. The summed E-state index contributed by atoms with van der Waals surface area (Å²) in [4.78, 5) is -0.0459. The highest BCUT2D eigenvalue weighted by molar-refractivity contribution is 7.89. The summed E-state index contributed by atoms with van der Waals surface area (Å²) in [5, 5.41) is 8.53. The second-order valence-corrected chi connectivity index (χ2v) is 9.06. The minimum Gasteiger partial charge on any atom is -0.426 e. The summed E-state index contributed by atoms with van der Waals surface area (Å²) in [7, 11) is -7.31. The van der Waals surface area contributed by atoms with Gasteiger partial charge in [-0.25, -0.2) is 18.1 Å². The van der Waals surface area contributed by atoms with Gasteiger partial charge in [0.2, 0.25) is 10.0 Å². The summed E-state index contributed by atoms with van der Waals surface area (Å²) in [6, 6.07) is 23.3. The molecule has 1 unspecified atom stereocenters. The van der Waals surface area contributed by atoms with Crippen LogP contribution in [0.15, 0.2) is 89.8 Å². The molecule has 0 heterocycles. The summed E-state index contributed by atoms with van der Waals surface area (Å²) < 4.78 is 42.1. The van der Waals surface area contributed by atoms with Crippen molar-refractivity contribution in [1.29, 1.82) is 0 Å². The van der Waals surface area contributed by atoms with E-state index in [0.717, 1.165) is 0 Å². The van der Waals surface area contributed by atoms with Crippen molar-refractivity contribution < 1.29 is 17.5 Å². The first kappa shape index (κ1) is 18.2. The fourth-order valence-corrected chi connectivity index (χ4v) is 4.55. The lowest BCUT2D eigenvalue weighted by molar-refractivity contribution is 0.497. The Balaban J connectivity index is 1.95. The molecule has 26 heavy (non-hydrogen) atoms. The first-order chi connectivity index (χ1) is 12.4. The molecule has 8 heteroatoms. The molecule has 0 aromatic heterocycles. The number of anilines is 1. The average molecular weight is 388 g/mol. The maximum absolute atomic E-state index is 13.6. The number of nitrogens with one attached hydrogen (secondary N) is 1. The normalized spacial score (nSPS) is 13.6. The van der Waals surface area contributed by atoms with Gasteiger partial charge in [0.05, 0.1) is 10.2 Å². The minimum atomic E-state index is -3.80. The topological polar surface area (TPSA) is 98.5 Å². The van der Waals surface area contributed by atoms with E-state index < -0.39 is 17.5 Å². The van der Waals surface area contributed by atoms with Crippen molar-refractivity contribution in [1.82, 2.24) is 0 Å². The Morgan fingerprint density at radius 2 is 1.35 bits per heavy atom. The third-order valence-corrected chi connectivity index (χ3v) is 6.46. The van der Waals surface area contributed by atoms with Gasteiger partial charge in [-0.15, -0.1) is 0 Å². The third kappa shape index (κ3) is 4.32. The number of benzene rings is 3. The fraction of sp³-hybridized carbons (Fsp3) is 0. The monoisotopic (exact) mass is 388 g/mol. The van der Waals surface area contributed by atoms with Gasteiger partial charge < -0.3 is 9.61 Å². The highest BCUT2D eigenvalue weighted by atomic mass is 32.2. The van der Waals surface area contributed by atoms with E-state index in [1.165, 1.54) is 24.3 Å². The van der Waals surface area contributed by atoms with Gasteiger partial charge in [0.15, 0.2) is 0 Å². The Morgan fingerprint density at radius 1 is 0.808 bits per heavy atom. The van der Waals surface area contributed by atoms with E-state index in [-0.39, 0.29) is 10.6 Å². The number of primary sulfonamides is 1. The number of hydrogen-bond acceptors (Lipinski definition) is 4. The van der Waals surface area contributed by atoms with Crippen LogP contribution in [0.3, 0.4) is 0 Å². The molecule has 0 aliphatic carbocycles. The van der Waals surface area contributed by atoms with Crippen molar-refractivity contribution in [2.45, 2.75) is 4.90 Å². The van der Waals surface area contributed by atoms with Crippen LogP contribution in [-0.4, -0.2) is 8.42 Å². The Hall–Kier alpha value is -2.60. The molecule has 0 aliphatic heterocycles. The fourth-order valence-electron chi connectivity index (χ4n) is 2.29. The molecular formula is C18H17N2O4PS. The summed E-state index contributed by atoms with van der Waals surface area (Å²) in [6.45, 7) is 0. The number of rotatable bonds is 6. The lowest BCUT2D eigenvalue weighted by Gasteiger charge is -2.21. The molecular weight excluding hydrogens is 371 g/mol. The summed E-state index contributed by atoms with van der Waals surface area (Å²) >= 11 is 0. The van der Waals surface area contributed by atoms with Crippen molar-refractivity contribution in [2.75, 3.05) is 5.09 Å². The standard InChI is InChI=1S/C18H17N2O4PS/c19-26(22,23)18-13-11-16(12-14-18)24-25(21,17-9-5-2-6-10-17)20-15-7-3-1-4-8-15/h1-14H,(H,20,21)(H2,19,22,23). The molecule has 0 aliphatic rings. The van der Waals surface area contributed by atoms with Gasteiger partial charge in [-0.2, -0.15) is 0 Å². The highest BCUT2D eigenvalue weighted by Gasteiger charge is 2.28. The van der Waals surface area contributed by atoms with Crippen LogP contribution in [-0.2, 0) is 14.6 Å². The van der Waals surface area contributed by atoms with Crippen LogP contribution in [0, 0.1) is 0 Å². The SMILES string of the molecule is NS(=O)(=O)c1ccc(OP(=O)(Nc2ccccc2)c2ccccc2)cc1. The van der Waals surface area contributed by atoms with Crippen LogP contribution in [0.2, 0.25) is 0 Å². The summed E-state index contributed by atoms with van der Waals surface area (Å²) in [5.41, 5.74) is 0.640. The minimum absolute atomic E-state index is 0.0459. The average Bonchev–Trinajstić information content (AvgIpc) is 2.63. The van der Waals surface area contributed by atoms with Gasteiger partial charge >= 0.3 is 7.52 Å². The molecule has 1 atom stereocenters. The Labute approximate surface area is 152 Å². The predicted molar refractivity (Wildman–Crippen MR) is 102 cm³/mol. The molecule has 0 amide bonds.